The standard InChI is InChI=1S/C14H18N4O3S2/c1-11-15-16-14(22-11)17-7-9-18(10-8-17)23(19,20)13-5-3-12(21-2)4-6-13/h3-6H,7-10H2,1-2H3. The summed E-state index contributed by atoms with van der Waals surface area (Å²) in [5.41, 5.74) is 0. The van der Waals surface area contributed by atoms with Crippen molar-refractivity contribution in [1.82, 2.24) is 14.5 Å². The highest BCUT2D eigenvalue weighted by Crippen LogP contribution is 2.24. The largest absolute Gasteiger partial charge is 0.497 e. The summed E-state index contributed by atoms with van der Waals surface area (Å²) in [5.74, 6) is 0.639. The van der Waals surface area contributed by atoms with Crippen molar-refractivity contribution >= 4 is 26.5 Å². The van der Waals surface area contributed by atoms with E-state index in [9.17, 15) is 8.42 Å². The van der Waals surface area contributed by atoms with Crippen LogP contribution in [0.4, 0.5) is 5.13 Å². The first-order valence-corrected chi connectivity index (χ1v) is 9.45. The van der Waals surface area contributed by atoms with Gasteiger partial charge < -0.3 is 9.64 Å². The smallest absolute Gasteiger partial charge is 0.243 e. The molecular weight excluding hydrogens is 336 g/mol. The van der Waals surface area contributed by atoms with Gasteiger partial charge in [0.2, 0.25) is 15.2 Å². The number of sulfonamides is 1. The normalized spacial score (nSPS) is 16.5. The van der Waals surface area contributed by atoms with E-state index in [1.54, 1.807) is 31.4 Å². The molecule has 3 rings (SSSR count). The van der Waals surface area contributed by atoms with Gasteiger partial charge in [-0.25, -0.2) is 8.42 Å². The average molecular weight is 354 g/mol. The Hall–Kier alpha value is -1.71. The van der Waals surface area contributed by atoms with E-state index in [1.807, 2.05) is 6.92 Å². The number of methoxy groups -OCH3 is 1. The molecular formula is C14H18N4O3S2. The summed E-state index contributed by atoms with van der Waals surface area (Å²) in [6.45, 7) is 4.01. The minimum absolute atomic E-state index is 0.290. The van der Waals surface area contributed by atoms with Crippen molar-refractivity contribution in [2.24, 2.45) is 0 Å². The van der Waals surface area contributed by atoms with Crippen LogP contribution < -0.4 is 9.64 Å². The Balaban J connectivity index is 1.70. The molecule has 0 saturated carbocycles. The van der Waals surface area contributed by atoms with E-state index in [0.29, 0.717) is 36.8 Å². The first kappa shape index (κ1) is 16.2. The lowest BCUT2D eigenvalue weighted by Crippen LogP contribution is -2.48. The molecule has 0 radical (unpaired) electrons. The molecule has 124 valence electrons. The van der Waals surface area contributed by atoms with E-state index >= 15 is 0 Å². The molecule has 0 aliphatic carbocycles. The van der Waals surface area contributed by atoms with Crippen molar-refractivity contribution in [3.8, 4) is 5.75 Å². The average Bonchev–Trinajstić information content (AvgIpc) is 3.01. The maximum Gasteiger partial charge on any atom is 0.243 e. The van der Waals surface area contributed by atoms with Crippen molar-refractivity contribution in [2.45, 2.75) is 11.8 Å². The summed E-state index contributed by atoms with van der Waals surface area (Å²) in [6, 6.07) is 6.48. The summed E-state index contributed by atoms with van der Waals surface area (Å²) in [4.78, 5) is 2.36. The first-order valence-electron chi connectivity index (χ1n) is 7.20. The minimum Gasteiger partial charge on any atom is -0.497 e. The third-order valence-electron chi connectivity index (χ3n) is 3.72. The molecule has 0 amide bonds. The number of hydrogen-bond donors (Lipinski definition) is 0. The summed E-state index contributed by atoms with van der Waals surface area (Å²) in [7, 11) is -1.92. The van der Waals surface area contributed by atoms with E-state index < -0.39 is 10.0 Å². The maximum atomic E-state index is 12.7. The van der Waals surface area contributed by atoms with Crippen LogP contribution in [0.25, 0.3) is 0 Å². The number of piperazine rings is 1. The molecule has 0 unspecified atom stereocenters. The predicted molar refractivity (Wildman–Crippen MR) is 88.6 cm³/mol. The van der Waals surface area contributed by atoms with Crippen molar-refractivity contribution in [3.63, 3.8) is 0 Å². The van der Waals surface area contributed by atoms with Gasteiger partial charge in [-0.3, -0.25) is 0 Å². The van der Waals surface area contributed by atoms with Gasteiger partial charge in [0, 0.05) is 26.2 Å². The van der Waals surface area contributed by atoms with Gasteiger partial charge in [0.15, 0.2) is 0 Å². The molecule has 1 fully saturated rings. The van der Waals surface area contributed by atoms with Crippen molar-refractivity contribution in [1.29, 1.82) is 0 Å². The van der Waals surface area contributed by atoms with Gasteiger partial charge in [-0.1, -0.05) is 11.3 Å². The van der Waals surface area contributed by atoms with Gasteiger partial charge in [-0.2, -0.15) is 4.31 Å². The predicted octanol–water partition coefficient (Wildman–Crippen LogP) is 1.37. The van der Waals surface area contributed by atoms with Crippen LogP contribution in [0.15, 0.2) is 29.2 Å². The molecule has 1 aromatic heterocycles. The molecule has 7 nitrogen and oxygen atoms in total. The van der Waals surface area contributed by atoms with Gasteiger partial charge in [-0.05, 0) is 31.2 Å². The molecule has 0 atom stereocenters. The lowest BCUT2D eigenvalue weighted by atomic mass is 10.3. The van der Waals surface area contributed by atoms with E-state index in [4.69, 9.17) is 4.74 Å². The molecule has 2 heterocycles. The SMILES string of the molecule is COc1ccc(S(=O)(=O)N2CCN(c3nnc(C)s3)CC2)cc1. The Morgan fingerprint density at radius 1 is 1.09 bits per heavy atom. The lowest BCUT2D eigenvalue weighted by Gasteiger charge is -2.33. The van der Waals surface area contributed by atoms with Crippen LogP contribution in [0.1, 0.15) is 5.01 Å². The molecule has 9 heteroatoms. The molecule has 0 bridgehead atoms. The molecule has 1 aliphatic rings. The monoisotopic (exact) mass is 354 g/mol. The Labute approximate surface area is 139 Å². The van der Waals surface area contributed by atoms with Crippen LogP contribution in [-0.4, -0.2) is 56.2 Å². The summed E-state index contributed by atoms with van der Waals surface area (Å²) >= 11 is 1.53. The molecule has 1 saturated heterocycles. The fraction of sp³-hybridized carbons (Fsp3) is 0.429. The second-order valence-corrected chi connectivity index (χ2v) is 8.27. The number of rotatable bonds is 4. The third kappa shape index (κ3) is 3.31. The van der Waals surface area contributed by atoms with Gasteiger partial charge >= 0.3 is 0 Å². The molecule has 2 aromatic rings. The van der Waals surface area contributed by atoms with Crippen LogP contribution in [0.3, 0.4) is 0 Å². The number of ether oxygens (including phenoxy) is 1. The number of aryl methyl sites for hydroxylation is 1. The number of aromatic nitrogens is 2. The highest BCUT2D eigenvalue weighted by molar-refractivity contribution is 7.89. The quantitative estimate of drug-likeness (QED) is 0.825. The first-order chi connectivity index (χ1) is 11.0. The number of anilines is 1. The van der Waals surface area contributed by atoms with Gasteiger partial charge in [0.25, 0.3) is 0 Å². The van der Waals surface area contributed by atoms with Crippen LogP contribution in [0, 0.1) is 6.92 Å². The zero-order chi connectivity index (χ0) is 16.4. The lowest BCUT2D eigenvalue weighted by molar-refractivity contribution is 0.384. The van der Waals surface area contributed by atoms with Gasteiger partial charge in [0.1, 0.15) is 10.8 Å². The van der Waals surface area contributed by atoms with E-state index in [2.05, 4.69) is 15.1 Å². The number of hydrogen-bond acceptors (Lipinski definition) is 7. The third-order valence-corrected chi connectivity index (χ3v) is 6.53. The Kier molecular flexibility index (Phi) is 4.51. The van der Waals surface area contributed by atoms with Crippen LogP contribution in [0.5, 0.6) is 5.75 Å². The Morgan fingerprint density at radius 2 is 1.74 bits per heavy atom. The Bertz CT molecular complexity index is 766. The second-order valence-electron chi connectivity index (χ2n) is 5.17. The van der Waals surface area contributed by atoms with Crippen molar-refractivity contribution < 1.29 is 13.2 Å². The van der Waals surface area contributed by atoms with Crippen molar-refractivity contribution in [3.05, 3.63) is 29.3 Å². The van der Waals surface area contributed by atoms with Crippen molar-refractivity contribution in [2.75, 3.05) is 38.2 Å². The van der Waals surface area contributed by atoms with E-state index in [0.717, 1.165) is 10.1 Å². The topological polar surface area (TPSA) is 75.6 Å². The fourth-order valence-corrected chi connectivity index (χ4v) is 4.59. The van der Waals surface area contributed by atoms with E-state index in [1.165, 1.54) is 15.6 Å². The molecule has 1 aromatic carbocycles. The van der Waals surface area contributed by atoms with E-state index in [-0.39, 0.29) is 0 Å². The van der Waals surface area contributed by atoms with Crippen LogP contribution in [-0.2, 0) is 10.0 Å². The number of benzene rings is 1. The molecule has 23 heavy (non-hydrogen) atoms. The Morgan fingerprint density at radius 3 is 2.26 bits per heavy atom. The van der Waals surface area contributed by atoms with Crippen LogP contribution >= 0.6 is 11.3 Å². The maximum absolute atomic E-state index is 12.7. The molecule has 0 N–H and O–H groups in total. The molecule has 1 aliphatic heterocycles. The fourth-order valence-electron chi connectivity index (χ4n) is 2.43. The highest BCUT2D eigenvalue weighted by Gasteiger charge is 2.29. The minimum atomic E-state index is -3.47. The summed E-state index contributed by atoms with van der Waals surface area (Å²) in [6.07, 6.45) is 0. The second kappa shape index (κ2) is 6.42. The van der Waals surface area contributed by atoms with Crippen LogP contribution in [0.2, 0.25) is 0 Å². The van der Waals surface area contributed by atoms with Gasteiger partial charge in [-0.15, -0.1) is 10.2 Å². The zero-order valence-corrected chi connectivity index (χ0v) is 14.6. The number of nitrogens with zero attached hydrogens (tertiary/aromatic N) is 4. The highest BCUT2D eigenvalue weighted by atomic mass is 32.2. The zero-order valence-electron chi connectivity index (χ0n) is 13.0. The molecule has 0 spiro atoms. The summed E-state index contributed by atoms with van der Waals surface area (Å²) < 4.78 is 31.9. The summed E-state index contributed by atoms with van der Waals surface area (Å²) in [5, 5.41) is 9.88. The van der Waals surface area contributed by atoms with Gasteiger partial charge in [0.05, 0.1) is 12.0 Å².